The zero-order chi connectivity index (χ0) is 14.8. The summed E-state index contributed by atoms with van der Waals surface area (Å²) in [5.41, 5.74) is -1.53. The van der Waals surface area contributed by atoms with Crippen LogP contribution in [0.5, 0.6) is 0 Å². The van der Waals surface area contributed by atoms with E-state index in [1.54, 1.807) is 0 Å². The lowest BCUT2D eigenvalue weighted by molar-refractivity contribution is -0.132. The first-order valence-electron chi connectivity index (χ1n) is 6.32. The average Bonchev–Trinajstić information content (AvgIpc) is 2.35. The van der Waals surface area contributed by atoms with Gasteiger partial charge in [-0.05, 0) is 31.4 Å². The zero-order valence-corrected chi connectivity index (χ0v) is 10.7. The molecule has 1 fully saturated rings. The number of rotatable bonds is 4. The Morgan fingerprint density at radius 2 is 2.05 bits per heavy atom. The van der Waals surface area contributed by atoms with Crippen molar-refractivity contribution in [1.82, 2.24) is 5.32 Å². The van der Waals surface area contributed by atoms with E-state index in [2.05, 4.69) is 5.32 Å². The molecule has 1 unspecified atom stereocenters. The van der Waals surface area contributed by atoms with Gasteiger partial charge in [-0.1, -0.05) is 6.07 Å². The molecule has 0 spiro atoms. The first-order chi connectivity index (χ1) is 9.50. The molecule has 1 atom stereocenters. The molecule has 20 heavy (non-hydrogen) atoms. The fourth-order valence-electron chi connectivity index (χ4n) is 2.21. The van der Waals surface area contributed by atoms with Crippen molar-refractivity contribution in [2.75, 3.05) is 6.54 Å². The number of aliphatic hydroxyl groups excluding tert-OH is 1. The predicted molar refractivity (Wildman–Crippen MR) is 66.2 cm³/mol. The van der Waals surface area contributed by atoms with Gasteiger partial charge >= 0.3 is 0 Å². The monoisotopic (exact) mass is 280 g/mol. The number of hydrogen-bond acceptors (Lipinski definition) is 3. The summed E-state index contributed by atoms with van der Waals surface area (Å²) in [5, 5.41) is 21.2. The number of nitriles is 1. The average molecular weight is 280 g/mol. The maximum absolute atomic E-state index is 13.4. The Hall–Kier alpha value is -2.00. The molecule has 0 bridgehead atoms. The predicted octanol–water partition coefficient (Wildman–Crippen LogP) is 1.81. The van der Waals surface area contributed by atoms with Crippen LogP contribution in [0.1, 0.15) is 30.9 Å². The zero-order valence-electron chi connectivity index (χ0n) is 10.7. The number of aliphatic hydroxyl groups is 1. The summed E-state index contributed by atoms with van der Waals surface area (Å²) < 4.78 is 26.9. The lowest BCUT2D eigenvalue weighted by Crippen LogP contribution is -2.45. The Balaban J connectivity index is 2.01. The van der Waals surface area contributed by atoms with E-state index in [1.807, 2.05) is 6.07 Å². The highest BCUT2D eigenvalue weighted by atomic mass is 19.1. The van der Waals surface area contributed by atoms with Gasteiger partial charge in [0.1, 0.15) is 23.2 Å². The van der Waals surface area contributed by atoms with Crippen LogP contribution in [0.15, 0.2) is 18.2 Å². The normalized spacial score (nSPS) is 17.7. The summed E-state index contributed by atoms with van der Waals surface area (Å²) in [7, 11) is 0. The molecule has 1 amide bonds. The molecule has 0 aliphatic heterocycles. The fraction of sp³-hybridized carbons (Fsp3) is 0.429. The van der Waals surface area contributed by atoms with Crippen molar-refractivity contribution in [2.24, 2.45) is 5.41 Å². The van der Waals surface area contributed by atoms with Gasteiger partial charge in [-0.15, -0.1) is 0 Å². The van der Waals surface area contributed by atoms with Crippen LogP contribution in [0.3, 0.4) is 0 Å². The van der Waals surface area contributed by atoms with Gasteiger partial charge in [0.25, 0.3) is 0 Å². The summed E-state index contributed by atoms with van der Waals surface area (Å²) >= 11 is 0. The van der Waals surface area contributed by atoms with Crippen LogP contribution in [0.25, 0.3) is 0 Å². The Morgan fingerprint density at radius 3 is 2.50 bits per heavy atom. The minimum atomic E-state index is -1.49. The molecular formula is C14H14F2N2O2. The van der Waals surface area contributed by atoms with Gasteiger partial charge in [0.2, 0.25) is 5.91 Å². The van der Waals surface area contributed by atoms with Crippen molar-refractivity contribution in [2.45, 2.75) is 25.4 Å². The van der Waals surface area contributed by atoms with Gasteiger partial charge in [0.05, 0.1) is 11.6 Å². The molecule has 0 aromatic heterocycles. The summed E-state index contributed by atoms with van der Waals surface area (Å²) in [6.07, 6.45) is 0.251. The highest BCUT2D eigenvalue weighted by molar-refractivity contribution is 5.86. The third-order valence-corrected chi connectivity index (χ3v) is 3.64. The SMILES string of the molecule is N#CC1(C(=O)NCC(O)c2c(F)cccc2F)CCC1. The second-order valence-corrected chi connectivity index (χ2v) is 4.91. The van der Waals surface area contributed by atoms with Crippen LogP contribution in [0.2, 0.25) is 0 Å². The fourth-order valence-corrected chi connectivity index (χ4v) is 2.21. The molecule has 1 saturated carbocycles. The molecule has 2 rings (SSSR count). The molecule has 1 aromatic rings. The molecular weight excluding hydrogens is 266 g/mol. The van der Waals surface area contributed by atoms with Crippen molar-refractivity contribution in [3.8, 4) is 6.07 Å². The number of carbonyl (C=O) groups excluding carboxylic acids is 1. The van der Waals surface area contributed by atoms with Gasteiger partial charge in [-0.25, -0.2) is 8.78 Å². The van der Waals surface area contributed by atoms with Crippen molar-refractivity contribution in [1.29, 1.82) is 5.26 Å². The lowest BCUT2D eigenvalue weighted by Gasteiger charge is -2.33. The van der Waals surface area contributed by atoms with Gasteiger partial charge < -0.3 is 10.4 Å². The van der Waals surface area contributed by atoms with E-state index >= 15 is 0 Å². The van der Waals surface area contributed by atoms with Crippen molar-refractivity contribution < 1.29 is 18.7 Å². The van der Waals surface area contributed by atoms with Crippen LogP contribution in [0.4, 0.5) is 8.78 Å². The molecule has 1 aromatic carbocycles. The number of hydrogen-bond donors (Lipinski definition) is 2. The Morgan fingerprint density at radius 1 is 1.45 bits per heavy atom. The van der Waals surface area contributed by atoms with E-state index in [-0.39, 0.29) is 6.54 Å². The first kappa shape index (κ1) is 14.4. The Kier molecular flexibility index (Phi) is 4.00. The third-order valence-electron chi connectivity index (χ3n) is 3.64. The van der Waals surface area contributed by atoms with Crippen LogP contribution >= 0.6 is 0 Å². The highest BCUT2D eigenvalue weighted by Gasteiger charge is 2.44. The number of nitrogens with one attached hydrogen (secondary N) is 1. The summed E-state index contributed by atoms with van der Waals surface area (Å²) in [6.45, 7) is -0.333. The van der Waals surface area contributed by atoms with Gasteiger partial charge in [-0.3, -0.25) is 4.79 Å². The van der Waals surface area contributed by atoms with Gasteiger partial charge in [0.15, 0.2) is 0 Å². The molecule has 106 valence electrons. The third kappa shape index (κ3) is 2.49. The van der Waals surface area contributed by atoms with Gasteiger partial charge in [-0.2, -0.15) is 5.26 Å². The molecule has 0 saturated heterocycles. The van der Waals surface area contributed by atoms with E-state index < -0.39 is 34.6 Å². The van der Waals surface area contributed by atoms with E-state index in [4.69, 9.17) is 5.26 Å². The van der Waals surface area contributed by atoms with E-state index in [1.165, 1.54) is 6.07 Å². The van der Waals surface area contributed by atoms with Crippen molar-refractivity contribution in [3.63, 3.8) is 0 Å². The second-order valence-electron chi connectivity index (χ2n) is 4.91. The number of carbonyl (C=O) groups is 1. The van der Waals surface area contributed by atoms with Crippen molar-refractivity contribution >= 4 is 5.91 Å². The molecule has 2 N–H and O–H groups in total. The number of amides is 1. The van der Waals surface area contributed by atoms with E-state index in [0.29, 0.717) is 12.8 Å². The topological polar surface area (TPSA) is 73.1 Å². The summed E-state index contributed by atoms with van der Waals surface area (Å²) in [5.74, 6) is -2.24. The second kappa shape index (κ2) is 5.55. The smallest absolute Gasteiger partial charge is 0.240 e. The van der Waals surface area contributed by atoms with E-state index in [0.717, 1.165) is 18.6 Å². The standard InChI is InChI=1S/C14H14F2N2O2/c15-9-3-1-4-10(16)12(9)11(19)7-18-13(20)14(8-17)5-2-6-14/h1,3-4,11,19H,2,5-7H2,(H,18,20). The Labute approximate surface area is 115 Å². The minimum absolute atomic E-state index is 0.333. The number of benzene rings is 1. The van der Waals surface area contributed by atoms with Gasteiger partial charge in [0, 0.05) is 6.54 Å². The maximum Gasteiger partial charge on any atom is 0.240 e. The van der Waals surface area contributed by atoms with E-state index in [9.17, 15) is 18.7 Å². The highest BCUT2D eigenvalue weighted by Crippen LogP contribution is 2.40. The van der Waals surface area contributed by atoms with Crippen LogP contribution < -0.4 is 5.32 Å². The Bertz CT molecular complexity index is 545. The van der Waals surface area contributed by atoms with Crippen LogP contribution in [-0.2, 0) is 4.79 Å². The lowest BCUT2D eigenvalue weighted by atomic mass is 9.69. The molecule has 1 aliphatic rings. The number of halogens is 2. The summed E-state index contributed by atoms with van der Waals surface area (Å²) in [6, 6.07) is 5.22. The van der Waals surface area contributed by atoms with Crippen molar-refractivity contribution in [3.05, 3.63) is 35.4 Å². The molecule has 1 aliphatic carbocycles. The quantitative estimate of drug-likeness (QED) is 0.883. The molecule has 4 nitrogen and oxygen atoms in total. The molecule has 0 radical (unpaired) electrons. The molecule has 6 heteroatoms. The molecule has 0 heterocycles. The minimum Gasteiger partial charge on any atom is -0.386 e. The largest absolute Gasteiger partial charge is 0.386 e. The number of nitrogens with zero attached hydrogens (tertiary/aromatic N) is 1. The van der Waals surface area contributed by atoms with Crippen LogP contribution in [-0.4, -0.2) is 17.6 Å². The summed E-state index contributed by atoms with van der Waals surface area (Å²) in [4.78, 5) is 11.9. The maximum atomic E-state index is 13.4. The van der Waals surface area contributed by atoms with Crippen LogP contribution in [0, 0.1) is 28.4 Å². The first-order valence-corrected chi connectivity index (χ1v) is 6.32.